The first-order valence-corrected chi connectivity index (χ1v) is 6.04. The number of likely N-dealkylation sites (tertiary alicyclic amines) is 1. The molecule has 0 bridgehead atoms. The van der Waals surface area contributed by atoms with Crippen LogP contribution in [0.15, 0.2) is 0 Å². The van der Waals surface area contributed by atoms with Gasteiger partial charge in [-0.3, -0.25) is 0 Å². The number of ether oxygens (including phenoxy) is 1. The average Bonchev–Trinajstić information content (AvgIpc) is 2.12. The van der Waals surface area contributed by atoms with Gasteiger partial charge in [0.05, 0.1) is 0 Å². The predicted molar refractivity (Wildman–Crippen MR) is 64.4 cm³/mol. The second-order valence-electron chi connectivity index (χ2n) is 4.63. The Labute approximate surface area is 98.6 Å². The maximum absolute atomic E-state index is 11.5. The van der Waals surface area contributed by atoms with Crippen molar-refractivity contribution in [1.82, 2.24) is 4.90 Å². The summed E-state index contributed by atoms with van der Waals surface area (Å²) in [7, 11) is 0. The van der Waals surface area contributed by atoms with Crippen molar-refractivity contribution < 1.29 is 14.6 Å². The smallest absolute Gasteiger partial charge is 0.410 e. The fraction of sp³-hybridized carbons (Fsp3) is 0.917. The van der Waals surface area contributed by atoms with Crippen LogP contribution in [0.25, 0.3) is 0 Å². The third-order valence-electron chi connectivity index (χ3n) is 2.23. The Hall–Kier alpha value is -0.770. The number of hydrogen-bond donors (Lipinski definition) is 1. The van der Waals surface area contributed by atoms with E-state index in [-0.39, 0.29) is 18.7 Å². The van der Waals surface area contributed by atoms with E-state index in [1.165, 1.54) is 0 Å². The van der Waals surface area contributed by atoms with Gasteiger partial charge >= 0.3 is 6.09 Å². The molecule has 16 heavy (non-hydrogen) atoms. The van der Waals surface area contributed by atoms with Gasteiger partial charge < -0.3 is 14.7 Å². The van der Waals surface area contributed by atoms with Gasteiger partial charge in [-0.1, -0.05) is 13.8 Å². The Balaban J connectivity index is 0.00000106. The van der Waals surface area contributed by atoms with Gasteiger partial charge in [-0.25, -0.2) is 4.79 Å². The molecule has 4 nitrogen and oxygen atoms in total. The maximum atomic E-state index is 11.5. The fourth-order valence-corrected chi connectivity index (χ4v) is 1.45. The fourth-order valence-electron chi connectivity index (χ4n) is 1.45. The molecule has 0 unspecified atom stereocenters. The topological polar surface area (TPSA) is 49.8 Å². The quantitative estimate of drug-likeness (QED) is 0.794. The second-order valence-corrected chi connectivity index (χ2v) is 4.63. The van der Waals surface area contributed by atoms with Crippen LogP contribution < -0.4 is 0 Å². The molecule has 0 aliphatic carbocycles. The third kappa shape index (κ3) is 4.84. The summed E-state index contributed by atoms with van der Waals surface area (Å²) in [4.78, 5) is 13.2. The van der Waals surface area contributed by atoms with Crippen molar-refractivity contribution in [1.29, 1.82) is 0 Å². The minimum atomic E-state index is -0.434. The summed E-state index contributed by atoms with van der Waals surface area (Å²) in [6, 6.07) is 0.176. The van der Waals surface area contributed by atoms with Gasteiger partial charge in [-0.15, -0.1) is 0 Å². The number of amides is 1. The first-order chi connectivity index (χ1) is 7.44. The molecule has 1 aliphatic rings. The molecule has 0 aromatic rings. The molecule has 1 aliphatic heterocycles. The number of aliphatic hydroxyl groups excluding tert-OH is 1. The molecule has 1 fully saturated rings. The number of aliphatic hydroxyl groups is 1. The molecule has 0 radical (unpaired) electrons. The molecule has 0 aromatic heterocycles. The normalized spacial score (nSPS) is 19.4. The van der Waals surface area contributed by atoms with Crippen LogP contribution in [-0.2, 0) is 4.74 Å². The summed E-state index contributed by atoms with van der Waals surface area (Å²) in [5, 5.41) is 8.76. The summed E-state index contributed by atoms with van der Waals surface area (Å²) >= 11 is 0. The van der Waals surface area contributed by atoms with Crippen LogP contribution >= 0.6 is 0 Å². The van der Waals surface area contributed by atoms with E-state index in [9.17, 15) is 4.79 Å². The van der Waals surface area contributed by atoms with Crippen LogP contribution in [0.4, 0.5) is 4.79 Å². The molecule has 1 saturated heterocycles. The minimum absolute atomic E-state index is 0.129. The van der Waals surface area contributed by atoms with Crippen molar-refractivity contribution in [2.24, 2.45) is 0 Å². The molecular formula is C12H25NO3. The molecule has 1 amide bonds. The molecule has 1 heterocycles. The van der Waals surface area contributed by atoms with Crippen molar-refractivity contribution in [3.63, 3.8) is 0 Å². The van der Waals surface area contributed by atoms with E-state index in [1.807, 2.05) is 34.6 Å². The number of carbonyl (C=O) groups is 1. The van der Waals surface area contributed by atoms with Crippen molar-refractivity contribution in [3.05, 3.63) is 0 Å². The zero-order valence-electron chi connectivity index (χ0n) is 11.1. The Morgan fingerprint density at radius 3 is 2.31 bits per heavy atom. The van der Waals surface area contributed by atoms with E-state index in [0.29, 0.717) is 6.42 Å². The summed E-state index contributed by atoms with van der Waals surface area (Å²) in [6.45, 7) is 10.4. The lowest BCUT2D eigenvalue weighted by atomic mass is 10.0. The summed E-state index contributed by atoms with van der Waals surface area (Å²) in [6.07, 6.45) is 1.36. The minimum Gasteiger partial charge on any atom is -0.444 e. The van der Waals surface area contributed by atoms with Crippen LogP contribution in [0.1, 0.15) is 47.5 Å². The molecule has 4 heteroatoms. The van der Waals surface area contributed by atoms with Gasteiger partial charge in [-0.05, 0) is 33.6 Å². The first-order valence-electron chi connectivity index (χ1n) is 6.04. The van der Waals surface area contributed by atoms with Gasteiger partial charge in [0.25, 0.3) is 0 Å². The molecule has 1 atom stereocenters. The molecular weight excluding hydrogens is 206 g/mol. The predicted octanol–water partition coefficient (Wildman–Crippen LogP) is 2.40. The van der Waals surface area contributed by atoms with E-state index < -0.39 is 5.60 Å². The Bertz CT molecular complexity index is 211. The van der Waals surface area contributed by atoms with Gasteiger partial charge in [0, 0.05) is 19.2 Å². The van der Waals surface area contributed by atoms with Gasteiger partial charge in [0.2, 0.25) is 0 Å². The number of rotatable bonds is 2. The van der Waals surface area contributed by atoms with Crippen LogP contribution in [0, 0.1) is 0 Å². The van der Waals surface area contributed by atoms with E-state index in [1.54, 1.807) is 4.90 Å². The lowest BCUT2D eigenvalue weighted by Gasteiger charge is -2.41. The van der Waals surface area contributed by atoms with Crippen LogP contribution in [0.3, 0.4) is 0 Å². The zero-order chi connectivity index (χ0) is 12.8. The largest absolute Gasteiger partial charge is 0.444 e. The van der Waals surface area contributed by atoms with Crippen LogP contribution in [0.5, 0.6) is 0 Å². The van der Waals surface area contributed by atoms with E-state index in [2.05, 4.69) is 0 Å². The van der Waals surface area contributed by atoms with Crippen molar-refractivity contribution in [2.75, 3.05) is 13.2 Å². The van der Waals surface area contributed by atoms with Gasteiger partial charge in [-0.2, -0.15) is 0 Å². The second kappa shape index (κ2) is 6.74. The molecule has 1 N–H and O–H groups in total. The standard InChI is InChI=1S/C10H19NO3.C2H6/c1-10(2,3)14-9(13)11-6-4-8(11)5-7-12;1-2/h8,12H,4-7H2,1-3H3;1-2H3/t8-;/m1./s1. The van der Waals surface area contributed by atoms with Crippen molar-refractivity contribution in [2.45, 2.75) is 59.1 Å². The Morgan fingerprint density at radius 2 is 2.00 bits per heavy atom. The zero-order valence-corrected chi connectivity index (χ0v) is 11.1. The number of carbonyl (C=O) groups excluding carboxylic acids is 1. The summed E-state index contributed by atoms with van der Waals surface area (Å²) in [5.74, 6) is 0. The molecule has 0 saturated carbocycles. The molecule has 96 valence electrons. The van der Waals surface area contributed by atoms with E-state index in [0.717, 1.165) is 13.0 Å². The maximum Gasteiger partial charge on any atom is 0.410 e. The van der Waals surface area contributed by atoms with Crippen LogP contribution in [0.2, 0.25) is 0 Å². The van der Waals surface area contributed by atoms with Gasteiger partial charge in [0.15, 0.2) is 0 Å². The third-order valence-corrected chi connectivity index (χ3v) is 2.23. The highest BCUT2D eigenvalue weighted by molar-refractivity contribution is 5.69. The SMILES string of the molecule is CC.CC(C)(C)OC(=O)N1CC[C@@H]1CCO. The monoisotopic (exact) mass is 231 g/mol. The molecule has 0 spiro atoms. The van der Waals surface area contributed by atoms with Gasteiger partial charge in [0.1, 0.15) is 5.60 Å². The highest BCUT2D eigenvalue weighted by Gasteiger charge is 2.34. The van der Waals surface area contributed by atoms with Crippen molar-refractivity contribution >= 4 is 6.09 Å². The summed E-state index contributed by atoms with van der Waals surface area (Å²) in [5.41, 5.74) is -0.434. The lowest BCUT2D eigenvalue weighted by Crippen LogP contribution is -2.52. The Morgan fingerprint density at radius 1 is 1.44 bits per heavy atom. The number of hydrogen-bond acceptors (Lipinski definition) is 3. The lowest BCUT2D eigenvalue weighted by molar-refractivity contribution is -0.00923. The van der Waals surface area contributed by atoms with E-state index >= 15 is 0 Å². The van der Waals surface area contributed by atoms with E-state index in [4.69, 9.17) is 9.84 Å². The van der Waals surface area contributed by atoms with Crippen molar-refractivity contribution in [3.8, 4) is 0 Å². The van der Waals surface area contributed by atoms with Crippen LogP contribution in [-0.4, -0.2) is 40.9 Å². The molecule has 1 rings (SSSR count). The highest BCUT2D eigenvalue weighted by Crippen LogP contribution is 2.23. The summed E-state index contributed by atoms with van der Waals surface area (Å²) < 4.78 is 5.22. The average molecular weight is 231 g/mol. The molecule has 0 aromatic carbocycles. The first kappa shape index (κ1) is 15.2. The Kier molecular flexibility index (Phi) is 6.41. The highest BCUT2D eigenvalue weighted by atomic mass is 16.6. The number of nitrogens with zero attached hydrogens (tertiary/aromatic N) is 1.